The maximum absolute atomic E-state index is 13.4. The molecule has 0 aliphatic carbocycles. The number of carbonyl (C=O) groups excluding carboxylic acids is 1. The van der Waals surface area contributed by atoms with Gasteiger partial charge in [0, 0.05) is 62.6 Å². The molecule has 2 aliphatic heterocycles. The fourth-order valence-electron chi connectivity index (χ4n) is 4.55. The van der Waals surface area contributed by atoms with Gasteiger partial charge in [-0.1, -0.05) is 30.3 Å². The monoisotopic (exact) mass is 424 g/mol. The van der Waals surface area contributed by atoms with Gasteiger partial charge in [0.15, 0.2) is 5.78 Å². The van der Waals surface area contributed by atoms with Crippen LogP contribution >= 0.6 is 0 Å². The topological polar surface area (TPSA) is 47.6 Å². The maximum atomic E-state index is 13.4. The second-order valence-electron chi connectivity index (χ2n) is 8.92. The van der Waals surface area contributed by atoms with Crippen LogP contribution in [0, 0.1) is 5.82 Å². The second kappa shape index (κ2) is 10.4. The summed E-state index contributed by atoms with van der Waals surface area (Å²) in [4.78, 5) is 17.4. The average Bonchev–Trinajstić information content (AvgIpc) is 2.76. The molecular formula is C25H33FN4O. The number of carbonyl (C=O) groups is 1. The number of rotatable bonds is 7. The van der Waals surface area contributed by atoms with Crippen LogP contribution in [0.4, 0.5) is 10.1 Å². The Bertz CT molecular complexity index is 864. The molecule has 2 aromatic rings. The van der Waals surface area contributed by atoms with Gasteiger partial charge in [0.1, 0.15) is 5.82 Å². The Morgan fingerprint density at radius 3 is 2.58 bits per heavy atom. The quantitative estimate of drug-likeness (QED) is 0.668. The summed E-state index contributed by atoms with van der Waals surface area (Å²) in [5, 5.41) is 6.88. The van der Waals surface area contributed by atoms with E-state index >= 15 is 0 Å². The fraction of sp³-hybridized carbons (Fsp3) is 0.480. The van der Waals surface area contributed by atoms with Crippen molar-refractivity contribution in [1.82, 2.24) is 15.1 Å². The summed E-state index contributed by atoms with van der Waals surface area (Å²) in [5.41, 5.74) is 2.87. The van der Waals surface area contributed by atoms with Crippen LogP contribution in [-0.2, 0) is 6.54 Å². The minimum Gasteiger partial charge on any atom is -0.382 e. The molecule has 1 unspecified atom stereocenters. The number of nitrogens with one attached hydrogen (secondary N) is 2. The zero-order valence-corrected chi connectivity index (χ0v) is 18.3. The Morgan fingerprint density at radius 2 is 1.87 bits per heavy atom. The van der Waals surface area contributed by atoms with Crippen LogP contribution in [0.15, 0.2) is 48.5 Å². The Balaban J connectivity index is 1.22. The number of nitrogens with zero attached hydrogens (tertiary/aromatic N) is 2. The van der Waals surface area contributed by atoms with Crippen molar-refractivity contribution in [2.45, 2.75) is 38.4 Å². The highest BCUT2D eigenvalue weighted by Crippen LogP contribution is 2.18. The van der Waals surface area contributed by atoms with Gasteiger partial charge >= 0.3 is 0 Å². The average molecular weight is 425 g/mol. The molecule has 0 radical (unpaired) electrons. The molecule has 5 nitrogen and oxygen atoms in total. The third-order valence-corrected chi connectivity index (χ3v) is 6.29. The van der Waals surface area contributed by atoms with E-state index in [-0.39, 0.29) is 11.6 Å². The highest BCUT2D eigenvalue weighted by molar-refractivity contribution is 5.97. The molecule has 1 atom stereocenters. The van der Waals surface area contributed by atoms with Gasteiger partial charge in [0.25, 0.3) is 0 Å². The molecule has 6 heteroatoms. The lowest BCUT2D eigenvalue weighted by atomic mass is 10.0. The lowest BCUT2D eigenvalue weighted by molar-refractivity contribution is 0.0912. The first-order chi connectivity index (χ1) is 15.0. The predicted molar refractivity (Wildman–Crippen MR) is 123 cm³/mol. The summed E-state index contributed by atoms with van der Waals surface area (Å²) in [7, 11) is 0. The van der Waals surface area contributed by atoms with Crippen LogP contribution in [-0.4, -0.2) is 66.9 Å². The fourth-order valence-corrected chi connectivity index (χ4v) is 4.55. The van der Waals surface area contributed by atoms with Gasteiger partial charge in [-0.2, -0.15) is 0 Å². The number of Topliss-reactive ketones (excluding diaryl/α,β-unsaturated/α-hetero) is 1. The predicted octanol–water partition coefficient (Wildman–Crippen LogP) is 3.38. The van der Waals surface area contributed by atoms with E-state index < -0.39 is 0 Å². The minimum absolute atomic E-state index is 0.180. The minimum atomic E-state index is -0.221. The molecule has 0 saturated carbocycles. The van der Waals surface area contributed by atoms with Crippen molar-refractivity contribution in [2.24, 2.45) is 0 Å². The molecule has 0 bridgehead atoms. The van der Waals surface area contributed by atoms with Crippen molar-refractivity contribution in [2.75, 3.05) is 44.6 Å². The van der Waals surface area contributed by atoms with Crippen molar-refractivity contribution in [3.63, 3.8) is 0 Å². The molecule has 4 rings (SSSR count). The normalized spacial score (nSPS) is 21.2. The van der Waals surface area contributed by atoms with E-state index in [4.69, 9.17) is 0 Å². The van der Waals surface area contributed by atoms with Crippen molar-refractivity contribution in [1.29, 1.82) is 0 Å². The Morgan fingerprint density at radius 1 is 1.10 bits per heavy atom. The maximum Gasteiger partial charge on any atom is 0.176 e. The van der Waals surface area contributed by atoms with Crippen LogP contribution in [0.3, 0.4) is 0 Å². The molecule has 0 spiro atoms. The van der Waals surface area contributed by atoms with Crippen molar-refractivity contribution in [3.8, 4) is 0 Å². The standard InChI is InChI=1S/C25H33FN4O/c1-19-16-30(14-11-27-19)17-20-5-7-21(8-6-20)25(31)18-29-12-9-23(10-13-29)28-24-4-2-3-22(26)15-24/h2-8,15,19,23,27-28H,9-14,16-18H2,1H3. The van der Waals surface area contributed by atoms with Crippen LogP contribution in [0.2, 0.25) is 0 Å². The van der Waals surface area contributed by atoms with E-state index in [0.717, 1.165) is 63.4 Å². The molecule has 2 saturated heterocycles. The highest BCUT2D eigenvalue weighted by Gasteiger charge is 2.21. The largest absolute Gasteiger partial charge is 0.382 e. The van der Waals surface area contributed by atoms with Crippen LogP contribution in [0.5, 0.6) is 0 Å². The van der Waals surface area contributed by atoms with Gasteiger partial charge in [-0.3, -0.25) is 14.6 Å². The molecule has 0 amide bonds. The first kappa shape index (κ1) is 21.9. The SMILES string of the molecule is CC1CN(Cc2ccc(C(=O)CN3CCC(Nc4cccc(F)c4)CC3)cc2)CCN1. The van der Waals surface area contributed by atoms with E-state index in [2.05, 4.69) is 39.5 Å². The van der Waals surface area contributed by atoms with Gasteiger partial charge in [-0.05, 0) is 43.5 Å². The van der Waals surface area contributed by atoms with E-state index in [1.54, 1.807) is 6.07 Å². The third kappa shape index (κ3) is 6.35. The van der Waals surface area contributed by atoms with Gasteiger partial charge in [-0.15, -0.1) is 0 Å². The number of halogens is 1. The molecule has 31 heavy (non-hydrogen) atoms. The number of hydrogen-bond donors (Lipinski definition) is 2. The van der Waals surface area contributed by atoms with Gasteiger partial charge in [-0.25, -0.2) is 4.39 Å². The lowest BCUT2D eigenvalue weighted by Crippen LogP contribution is -2.48. The van der Waals surface area contributed by atoms with Crippen LogP contribution in [0.25, 0.3) is 0 Å². The van der Waals surface area contributed by atoms with E-state index in [1.165, 1.54) is 17.7 Å². The zero-order chi connectivity index (χ0) is 21.6. The first-order valence-corrected chi connectivity index (χ1v) is 11.4. The molecule has 0 aromatic heterocycles. The first-order valence-electron chi connectivity index (χ1n) is 11.4. The molecule has 2 fully saturated rings. The van der Waals surface area contributed by atoms with E-state index in [1.807, 2.05) is 18.2 Å². The number of piperidine rings is 1. The molecule has 2 aliphatic rings. The van der Waals surface area contributed by atoms with Crippen LogP contribution in [0.1, 0.15) is 35.7 Å². The number of piperazine rings is 1. The molecule has 2 aromatic carbocycles. The van der Waals surface area contributed by atoms with E-state index in [9.17, 15) is 9.18 Å². The second-order valence-corrected chi connectivity index (χ2v) is 8.92. The third-order valence-electron chi connectivity index (χ3n) is 6.29. The van der Waals surface area contributed by atoms with Crippen molar-refractivity contribution in [3.05, 3.63) is 65.5 Å². The van der Waals surface area contributed by atoms with Crippen molar-refractivity contribution < 1.29 is 9.18 Å². The number of anilines is 1. The highest BCUT2D eigenvalue weighted by atomic mass is 19.1. The Kier molecular flexibility index (Phi) is 7.33. The number of likely N-dealkylation sites (tertiary alicyclic amines) is 1. The van der Waals surface area contributed by atoms with Crippen LogP contribution < -0.4 is 10.6 Å². The van der Waals surface area contributed by atoms with Gasteiger partial charge in [0.2, 0.25) is 0 Å². The zero-order valence-electron chi connectivity index (χ0n) is 18.3. The summed E-state index contributed by atoms with van der Waals surface area (Å²) in [6, 6.07) is 15.6. The molecule has 166 valence electrons. The smallest absolute Gasteiger partial charge is 0.176 e. The summed E-state index contributed by atoms with van der Waals surface area (Å²) in [5.74, 6) is -0.0413. The van der Waals surface area contributed by atoms with Crippen molar-refractivity contribution >= 4 is 11.5 Å². The summed E-state index contributed by atoms with van der Waals surface area (Å²) in [6.07, 6.45) is 1.90. The summed E-state index contributed by atoms with van der Waals surface area (Å²) < 4.78 is 13.4. The lowest BCUT2D eigenvalue weighted by Gasteiger charge is -2.32. The van der Waals surface area contributed by atoms with E-state index in [0.29, 0.717) is 18.6 Å². The summed E-state index contributed by atoms with van der Waals surface area (Å²) >= 11 is 0. The molecular weight excluding hydrogens is 391 g/mol. The molecule has 2 heterocycles. The number of ketones is 1. The molecule has 2 N–H and O–H groups in total. The Hall–Kier alpha value is -2.28. The Labute approximate surface area is 184 Å². The van der Waals surface area contributed by atoms with Gasteiger partial charge in [0.05, 0.1) is 6.54 Å². The number of benzene rings is 2. The van der Waals surface area contributed by atoms with Gasteiger partial charge < -0.3 is 10.6 Å². The summed E-state index contributed by atoms with van der Waals surface area (Å²) in [6.45, 7) is 8.52. The number of hydrogen-bond acceptors (Lipinski definition) is 5.